The molecular weight excluding hydrogens is 251 g/mol. The summed E-state index contributed by atoms with van der Waals surface area (Å²) in [5.41, 5.74) is 5.76. The van der Waals surface area contributed by atoms with Gasteiger partial charge in [0.2, 0.25) is 0 Å². The first-order chi connectivity index (χ1) is 9.08. The van der Waals surface area contributed by atoms with Gasteiger partial charge in [0, 0.05) is 17.7 Å². The third-order valence-electron chi connectivity index (χ3n) is 2.55. The summed E-state index contributed by atoms with van der Waals surface area (Å²) in [6.07, 6.45) is 0. The van der Waals surface area contributed by atoms with Crippen molar-refractivity contribution in [3.63, 3.8) is 0 Å². The molecule has 2 aromatic rings. The second kappa shape index (κ2) is 5.34. The number of nitro benzene ring substituents is 1. The molecule has 0 radical (unpaired) electrons. The molecule has 0 aromatic heterocycles. The first-order valence-electron chi connectivity index (χ1n) is 5.48. The van der Waals surface area contributed by atoms with Gasteiger partial charge < -0.3 is 10.5 Å². The zero-order valence-electron chi connectivity index (χ0n) is 9.88. The van der Waals surface area contributed by atoms with Gasteiger partial charge in [-0.15, -0.1) is 0 Å². The van der Waals surface area contributed by atoms with Crippen molar-refractivity contribution in [3.8, 4) is 5.75 Å². The number of nitrogens with two attached hydrogens (primary N) is 1. The molecule has 0 aliphatic heterocycles. The SMILES string of the molecule is Nc1cc(OCc2ccccc2F)ccc1[N+](=O)[O-]. The summed E-state index contributed by atoms with van der Waals surface area (Å²) in [6, 6.07) is 10.3. The van der Waals surface area contributed by atoms with Gasteiger partial charge in [-0.05, 0) is 12.1 Å². The highest BCUT2D eigenvalue weighted by atomic mass is 19.1. The Morgan fingerprint density at radius 1 is 1.26 bits per heavy atom. The second-order valence-electron chi connectivity index (χ2n) is 3.86. The van der Waals surface area contributed by atoms with Crippen molar-refractivity contribution in [2.75, 3.05) is 5.73 Å². The van der Waals surface area contributed by atoms with E-state index in [4.69, 9.17) is 10.5 Å². The summed E-state index contributed by atoms with van der Waals surface area (Å²) in [6.45, 7) is 0.0317. The molecule has 0 spiro atoms. The number of anilines is 1. The predicted molar refractivity (Wildman–Crippen MR) is 68.2 cm³/mol. The minimum Gasteiger partial charge on any atom is -0.489 e. The number of halogens is 1. The van der Waals surface area contributed by atoms with Gasteiger partial charge in [-0.2, -0.15) is 0 Å². The van der Waals surface area contributed by atoms with Crippen LogP contribution in [0, 0.1) is 15.9 Å². The molecule has 6 heteroatoms. The Morgan fingerprint density at radius 3 is 2.63 bits per heavy atom. The van der Waals surface area contributed by atoms with Gasteiger partial charge in [0.05, 0.1) is 4.92 Å². The van der Waals surface area contributed by atoms with Gasteiger partial charge in [0.25, 0.3) is 5.69 Å². The van der Waals surface area contributed by atoms with E-state index in [-0.39, 0.29) is 23.8 Å². The number of benzene rings is 2. The van der Waals surface area contributed by atoms with E-state index in [1.807, 2.05) is 0 Å². The third kappa shape index (κ3) is 2.98. The Hall–Kier alpha value is -2.63. The minimum absolute atomic E-state index is 0.0102. The summed E-state index contributed by atoms with van der Waals surface area (Å²) in [5, 5.41) is 10.6. The molecule has 0 aliphatic rings. The average molecular weight is 262 g/mol. The number of rotatable bonds is 4. The minimum atomic E-state index is -0.573. The van der Waals surface area contributed by atoms with Crippen LogP contribution in [0.5, 0.6) is 5.75 Å². The van der Waals surface area contributed by atoms with Crippen LogP contribution in [0.25, 0.3) is 0 Å². The maximum absolute atomic E-state index is 13.3. The van der Waals surface area contributed by atoms with Crippen molar-refractivity contribution in [1.29, 1.82) is 0 Å². The summed E-state index contributed by atoms with van der Waals surface area (Å²) in [5.74, 6) is -0.0104. The molecule has 0 heterocycles. The molecule has 5 nitrogen and oxygen atoms in total. The van der Waals surface area contributed by atoms with Crippen LogP contribution in [0.4, 0.5) is 15.8 Å². The number of ether oxygens (including phenoxy) is 1. The molecule has 0 amide bonds. The molecule has 0 aliphatic carbocycles. The molecule has 0 bridgehead atoms. The topological polar surface area (TPSA) is 78.4 Å². The van der Waals surface area contributed by atoms with E-state index >= 15 is 0 Å². The van der Waals surface area contributed by atoms with Crippen LogP contribution in [-0.4, -0.2) is 4.92 Å². The van der Waals surface area contributed by atoms with Gasteiger partial charge >= 0.3 is 0 Å². The normalized spacial score (nSPS) is 10.2. The van der Waals surface area contributed by atoms with Crippen LogP contribution in [0.3, 0.4) is 0 Å². The van der Waals surface area contributed by atoms with Crippen molar-refractivity contribution in [2.45, 2.75) is 6.61 Å². The molecule has 2 rings (SSSR count). The lowest BCUT2D eigenvalue weighted by molar-refractivity contribution is -0.383. The van der Waals surface area contributed by atoms with Crippen LogP contribution in [0.1, 0.15) is 5.56 Å². The van der Waals surface area contributed by atoms with Crippen molar-refractivity contribution in [1.82, 2.24) is 0 Å². The Balaban J connectivity index is 2.11. The molecule has 2 N–H and O–H groups in total. The largest absolute Gasteiger partial charge is 0.489 e. The lowest BCUT2D eigenvalue weighted by Gasteiger charge is -2.07. The Kier molecular flexibility index (Phi) is 3.61. The summed E-state index contributed by atoms with van der Waals surface area (Å²) >= 11 is 0. The molecule has 0 fully saturated rings. The number of nitrogen functional groups attached to an aromatic ring is 1. The zero-order chi connectivity index (χ0) is 13.8. The van der Waals surface area contributed by atoms with E-state index in [2.05, 4.69) is 0 Å². The maximum Gasteiger partial charge on any atom is 0.292 e. The van der Waals surface area contributed by atoms with E-state index in [9.17, 15) is 14.5 Å². The van der Waals surface area contributed by atoms with Crippen LogP contribution in [0.2, 0.25) is 0 Å². The Morgan fingerprint density at radius 2 is 2.00 bits per heavy atom. The van der Waals surface area contributed by atoms with E-state index in [0.717, 1.165) is 0 Å². The molecular formula is C13H11FN2O3. The number of nitrogens with zero attached hydrogens (tertiary/aromatic N) is 1. The van der Waals surface area contributed by atoms with E-state index in [1.54, 1.807) is 18.2 Å². The van der Waals surface area contributed by atoms with E-state index in [1.165, 1.54) is 24.3 Å². The maximum atomic E-state index is 13.3. The van der Waals surface area contributed by atoms with E-state index < -0.39 is 4.92 Å². The quantitative estimate of drug-likeness (QED) is 0.522. The van der Waals surface area contributed by atoms with Crippen molar-refractivity contribution >= 4 is 11.4 Å². The highest BCUT2D eigenvalue weighted by Crippen LogP contribution is 2.26. The van der Waals surface area contributed by atoms with Gasteiger partial charge in [-0.3, -0.25) is 10.1 Å². The molecule has 98 valence electrons. The summed E-state index contributed by atoms with van der Waals surface area (Å²) in [4.78, 5) is 10.0. The highest BCUT2D eigenvalue weighted by Gasteiger charge is 2.11. The van der Waals surface area contributed by atoms with Gasteiger partial charge in [0.1, 0.15) is 23.9 Å². The number of hydrogen-bond donors (Lipinski definition) is 1. The Labute approximate surface area is 108 Å². The summed E-state index contributed by atoms with van der Waals surface area (Å²) < 4.78 is 18.7. The fourth-order valence-electron chi connectivity index (χ4n) is 1.57. The predicted octanol–water partition coefficient (Wildman–Crippen LogP) is 2.90. The van der Waals surface area contributed by atoms with Crippen LogP contribution < -0.4 is 10.5 Å². The lowest BCUT2D eigenvalue weighted by atomic mass is 10.2. The van der Waals surface area contributed by atoms with Crippen molar-refractivity contribution < 1.29 is 14.1 Å². The van der Waals surface area contributed by atoms with Crippen LogP contribution in [-0.2, 0) is 6.61 Å². The first kappa shape index (κ1) is 12.8. The Bertz CT molecular complexity index is 617. The zero-order valence-corrected chi connectivity index (χ0v) is 9.88. The monoisotopic (exact) mass is 262 g/mol. The summed E-state index contributed by atoms with van der Waals surface area (Å²) in [7, 11) is 0. The van der Waals surface area contributed by atoms with E-state index in [0.29, 0.717) is 11.3 Å². The molecule has 0 saturated carbocycles. The number of nitro groups is 1. The van der Waals surface area contributed by atoms with Gasteiger partial charge in [0.15, 0.2) is 0 Å². The molecule has 0 atom stereocenters. The molecule has 0 unspecified atom stereocenters. The van der Waals surface area contributed by atoms with Crippen molar-refractivity contribution in [2.24, 2.45) is 0 Å². The third-order valence-corrected chi connectivity index (χ3v) is 2.55. The first-order valence-corrected chi connectivity index (χ1v) is 5.48. The standard InChI is InChI=1S/C13H11FN2O3/c14-11-4-2-1-3-9(11)8-19-10-5-6-13(16(17)18)12(15)7-10/h1-7H,8,15H2. The molecule has 2 aromatic carbocycles. The number of hydrogen-bond acceptors (Lipinski definition) is 4. The van der Waals surface area contributed by atoms with Crippen LogP contribution in [0.15, 0.2) is 42.5 Å². The smallest absolute Gasteiger partial charge is 0.292 e. The highest BCUT2D eigenvalue weighted by molar-refractivity contribution is 5.60. The lowest BCUT2D eigenvalue weighted by Crippen LogP contribution is -2.00. The molecule has 0 saturated heterocycles. The fraction of sp³-hybridized carbons (Fsp3) is 0.0769. The second-order valence-corrected chi connectivity index (χ2v) is 3.86. The van der Waals surface area contributed by atoms with Crippen LogP contribution >= 0.6 is 0 Å². The van der Waals surface area contributed by atoms with Gasteiger partial charge in [-0.25, -0.2) is 4.39 Å². The van der Waals surface area contributed by atoms with Gasteiger partial charge in [-0.1, -0.05) is 18.2 Å². The average Bonchev–Trinajstić information content (AvgIpc) is 2.37. The molecule has 19 heavy (non-hydrogen) atoms. The fourth-order valence-corrected chi connectivity index (χ4v) is 1.57. The van der Waals surface area contributed by atoms with Crippen molar-refractivity contribution in [3.05, 3.63) is 64.0 Å².